The molecule has 0 atom stereocenters. The van der Waals surface area contributed by atoms with E-state index in [-0.39, 0.29) is 5.78 Å². The highest BCUT2D eigenvalue weighted by Gasteiger charge is 2.17. The van der Waals surface area contributed by atoms with Gasteiger partial charge in [-0.15, -0.1) is 0 Å². The summed E-state index contributed by atoms with van der Waals surface area (Å²) >= 11 is 0. The Kier molecular flexibility index (Phi) is 6.71. The lowest BCUT2D eigenvalue weighted by atomic mass is 10.0. The van der Waals surface area contributed by atoms with Gasteiger partial charge in [-0.05, 0) is 57.5 Å². The maximum absolute atomic E-state index is 12.4. The smallest absolute Gasteiger partial charge is 0.203 e. The van der Waals surface area contributed by atoms with Gasteiger partial charge in [-0.25, -0.2) is 0 Å². The highest BCUT2D eigenvalue weighted by molar-refractivity contribution is 5.97. The number of Topliss-reactive ketones (excluding diaryl/α,β-unsaturated/α-hetero) is 1. The van der Waals surface area contributed by atoms with Crippen LogP contribution in [0.15, 0.2) is 12.1 Å². The molecule has 2 rings (SSSR count). The number of methoxy groups -OCH3 is 3. The largest absolute Gasteiger partial charge is 0.493 e. The molecule has 0 bridgehead atoms. The normalized spacial score (nSPS) is 15.3. The van der Waals surface area contributed by atoms with Crippen LogP contribution in [0.4, 0.5) is 0 Å². The lowest BCUT2D eigenvalue weighted by Crippen LogP contribution is -2.31. The van der Waals surface area contributed by atoms with Crippen LogP contribution in [0, 0.1) is 6.42 Å². The van der Waals surface area contributed by atoms with Crippen molar-refractivity contribution in [3.05, 3.63) is 24.1 Å². The molecule has 1 fully saturated rings. The highest BCUT2D eigenvalue weighted by atomic mass is 16.5. The minimum Gasteiger partial charge on any atom is -0.493 e. The first-order valence-corrected chi connectivity index (χ1v) is 8.06. The summed E-state index contributed by atoms with van der Waals surface area (Å²) < 4.78 is 15.9. The van der Waals surface area contributed by atoms with Gasteiger partial charge in [0.2, 0.25) is 5.75 Å². The molecule has 0 spiro atoms. The number of carbonyl (C=O) groups is 1. The summed E-state index contributed by atoms with van der Waals surface area (Å²) in [6.07, 6.45) is 6.04. The summed E-state index contributed by atoms with van der Waals surface area (Å²) in [7, 11) is 4.66. The van der Waals surface area contributed by atoms with Crippen LogP contribution in [0.25, 0.3) is 0 Å². The Bertz CT molecular complexity index is 499. The number of benzene rings is 1. The third-order valence-corrected chi connectivity index (χ3v) is 4.16. The molecule has 1 aromatic carbocycles. The van der Waals surface area contributed by atoms with Crippen LogP contribution < -0.4 is 14.2 Å². The molecule has 0 unspecified atom stereocenters. The molecular weight excluding hydrogens is 294 g/mol. The van der Waals surface area contributed by atoms with E-state index in [0.717, 1.165) is 38.9 Å². The van der Waals surface area contributed by atoms with Crippen LogP contribution in [0.3, 0.4) is 0 Å². The van der Waals surface area contributed by atoms with Gasteiger partial charge in [0.1, 0.15) is 0 Å². The first kappa shape index (κ1) is 17.6. The van der Waals surface area contributed by atoms with Crippen LogP contribution in [-0.2, 0) is 0 Å². The van der Waals surface area contributed by atoms with Crippen molar-refractivity contribution in [2.45, 2.75) is 25.7 Å². The molecule has 1 heterocycles. The molecular formula is C18H26NO4. The number of nitrogens with zero attached hydrogens (tertiary/aromatic N) is 1. The van der Waals surface area contributed by atoms with Crippen molar-refractivity contribution in [3.63, 3.8) is 0 Å². The van der Waals surface area contributed by atoms with Crippen molar-refractivity contribution in [1.82, 2.24) is 4.90 Å². The maximum atomic E-state index is 12.4. The quantitative estimate of drug-likeness (QED) is 0.689. The maximum Gasteiger partial charge on any atom is 0.203 e. The van der Waals surface area contributed by atoms with Gasteiger partial charge in [0.15, 0.2) is 17.3 Å². The van der Waals surface area contributed by atoms with E-state index < -0.39 is 0 Å². The topological polar surface area (TPSA) is 48.0 Å². The minimum absolute atomic E-state index is 0.104. The molecule has 0 aromatic heterocycles. The Morgan fingerprint density at radius 2 is 1.65 bits per heavy atom. The first-order valence-electron chi connectivity index (χ1n) is 8.06. The molecule has 0 N–H and O–H groups in total. The fourth-order valence-electron chi connectivity index (χ4n) is 2.88. The van der Waals surface area contributed by atoms with Gasteiger partial charge in [-0.2, -0.15) is 0 Å². The second kappa shape index (κ2) is 8.77. The standard InChI is InChI=1S/C18H26NO4/c1-21-16-12-14(13-17(22-2)18(16)23-3)15(20)8-7-11-19-9-5-4-6-10-19/h4,12-13H,5-11H2,1-3H3. The Morgan fingerprint density at radius 3 is 2.17 bits per heavy atom. The minimum atomic E-state index is 0.104. The number of rotatable bonds is 8. The first-order chi connectivity index (χ1) is 11.2. The van der Waals surface area contributed by atoms with Crippen molar-refractivity contribution in [2.24, 2.45) is 0 Å². The molecule has 1 aliphatic rings. The number of piperidine rings is 1. The predicted octanol–water partition coefficient (Wildman–Crippen LogP) is 2.98. The summed E-state index contributed by atoms with van der Waals surface area (Å²) in [5.41, 5.74) is 0.603. The Balaban J connectivity index is 1.98. The number of likely N-dealkylation sites (tertiary alicyclic amines) is 1. The molecule has 0 amide bonds. The average molecular weight is 320 g/mol. The summed E-state index contributed by atoms with van der Waals surface area (Å²) in [5, 5.41) is 0. The van der Waals surface area contributed by atoms with E-state index >= 15 is 0 Å². The van der Waals surface area contributed by atoms with E-state index in [2.05, 4.69) is 11.3 Å². The van der Waals surface area contributed by atoms with E-state index in [0.29, 0.717) is 29.2 Å². The molecule has 5 heteroatoms. The van der Waals surface area contributed by atoms with Crippen LogP contribution in [0.5, 0.6) is 17.2 Å². The monoisotopic (exact) mass is 320 g/mol. The van der Waals surface area contributed by atoms with Gasteiger partial charge in [-0.1, -0.05) is 0 Å². The predicted molar refractivity (Wildman–Crippen MR) is 89.6 cm³/mol. The SMILES string of the molecule is COc1cc(C(=O)CCCN2CC[CH]CC2)cc(OC)c1OC. The van der Waals surface area contributed by atoms with Gasteiger partial charge < -0.3 is 19.1 Å². The number of ether oxygens (including phenoxy) is 3. The second-order valence-electron chi connectivity index (χ2n) is 5.65. The van der Waals surface area contributed by atoms with Crippen molar-refractivity contribution in [1.29, 1.82) is 0 Å². The van der Waals surface area contributed by atoms with E-state index in [1.165, 1.54) is 0 Å². The molecule has 127 valence electrons. The van der Waals surface area contributed by atoms with Gasteiger partial charge in [0.05, 0.1) is 21.3 Å². The zero-order chi connectivity index (χ0) is 16.7. The number of hydrogen-bond acceptors (Lipinski definition) is 5. The summed E-state index contributed by atoms with van der Waals surface area (Å²) in [4.78, 5) is 14.9. The molecule has 0 saturated carbocycles. The summed E-state index contributed by atoms with van der Waals surface area (Å²) in [5.74, 6) is 1.65. The molecule has 1 radical (unpaired) electrons. The molecule has 1 saturated heterocycles. The fraction of sp³-hybridized carbons (Fsp3) is 0.556. The van der Waals surface area contributed by atoms with Crippen LogP contribution >= 0.6 is 0 Å². The Morgan fingerprint density at radius 1 is 1.04 bits per heavy atom. The third kappa shape index (κ3) is 4.61. The van der Waals surface area contributed by atoms with Crippen molar-refractivity contribution < 1.29 is 19.0 Å². The van der Waals surface area contributed by atoms with Crippen molar-refractivity contribution in [3.8, 4) is 17.2 Å². The lowest BCUT2D eigenvalue weighted by Gasteiger charge is -2.25. The fourth-order valence-corrected chi connectivity index (χ4v) is 2.88. The van der Waals surface area contributed by atoms with Crippen molar-refractivity contribution >= 4 is 5.78 Å². The summed E-state index contributed by atoms with van der Waals surface area (Å²) in [6.45, 7) is 3.20. The molecule has 23 heavy (non-hydrogen) atoms. The molecule has 0 aliphatic carbocycles. The highest BCUT2D eigenvalue weighted by Crippen LogP contribution is 2.38. The van der Waals surface area contributed by atoms with Crippen LogP contribution in [-0.4, -0.2) is 51.6 Å². The van der Waals surface area contributed by atoms with E-state index in [1.54, 1.807) is 33.5 Å². The van der Waals surface area contributed by atoms with E-state index in [1.807, 2.05) is 0 Å². The van der Waals surface area contributed by atoms with E-state index in [9.17, 15) is 4.79 Å². The Labute approximate surface area is 138 Å². The third-order valence-electron chi connectivity index (χ3n) is 4.16. The zero-order valence-electron chi connectivity index (χ0n) is 14.3. The van der Waals surface area contributed by atoms with E-state index in [4.69, 9.17) is 14.2 Å². The second-order valence-corrected chi connectivity index (χ2v) is 5.65. The van der Waals surface area contributed by atoms with Crippen molar-refractivity contribution in [2.75, 3.05) is 41.0 Å². The Hall–Kier alpha value is -1.75. The zero-order valence-corrected chi connectivity index (χ0v) is 14.3. The average Bonchev–Trinajstić information content (AvgIpc) is 2.61. The molecule has 5 nitrogen and oxygen atoms in total. The number of hydrogen-bond donors (Lipinski definition) is 0. The van der Waals surface area contributed by atoms with Gasteiger partial charge in [0, 0.05) is 12.0 Å². The van der Waals surface area contributed by atoms with Crippen LogP contribution in [0.1, 0.15) is 36.0 Å². The number of carbonyl (C=O) groups excluding carboxylic acids is 1. The van der Waals surface area contributed by atoms with Crippen LogP contribution in [0.2, 0.25) is 0 Å². The number of ketones is 1. The molecule has 1 aliphatic heterocycles. The van der Waals surface area contributed by atoms with Gasteiger partial charge >= 0.3 is 0 Å². The van der Waals surface area contributed by atoms with Gasteiger partial charge in [0.25, 0.3) is 0 Å². The lowest BCUT2D eigenvalue weighted by molar-refractivity contribution is 0.0973. The summed E-state index contributed by atoms with van der Waals surface area (Å²) in [6, 6.07) is 3.44. The van der Waals surface area contributed by atoms with Gasteiger partial charge in [-0.3, -0.25) is 4.79 Å². The molecule has 1 aromatic rings.